The molecule has 1 saturated heterocycles. The molecular formula is C19H22FN3O3. The average molecular weight is 359 g/mol. The van der Waals surface area contributed by atoms with Gasteiger partial charge in [-0.2, -0.15) is 5.10 Å². The summed E-state index contributed by atoms with van der Waals surface area (Å²) in [5, 5.41) is 4.26. The molecule has 138 valence electrons. The summed E-state index contributed by atoms with van der Waals surface area (Å²) in [4.78, 5) is 27.0. The summed E-state index contributed by atoms with van der Waals surface area (Å²) in [6, 6.07) is 6.89. The Labute approximate surface area is 151 Å². The lowest BCUT2D eigenvalue weighted by molar-refractivity contribution is 0.0673. The predicted molar refractivity (Wildman–Crippen MR) is 95.3 cm³/mol. The Morgan fingerprint density at radius 1 is 1.35 bits per heavy atom. The van der Waals surface area contributed by atoms with Crippen LogP contribution in [0.5, 0.6) is 5.88 Å². The SMILES string of the molecule is CCOc1cc(=O)c(C(=O)N2CCC[C@H](C)C2)nn1-c1ccc(F)cc1. The summed E-state index contributed by atoms with van der Waals surface area (Å²) in [5.74, 6) is -0.144. The minimum atomic E-state index is -0.477. The first kappa shape index (κ1) is 18.1. The lowest BCUT2D eigenvalue weighted by atomic mass is 10.00. The van der Waals surface area contributed by atoms with Crippen molar-refractivity contribution in [3.05, 3.63) is 52.1 Å². The van der Waals surface area contributed by atoms with Gasteiger partial charge in [0.1, 0.15) is 5.82 Å². The number of carbonyl (C=O) groups excluding carboxylic acids is 1. The molecule has 0 unspecified atom stereocenters. The Kier molecular flexibility index (Phi) is 5.35. The molecule has 1 aromatic heterocycles. The van der Waals surface area contributed by atoms with E-state index < -0.39 is 5.43 Å². The first-order chi connectivity index (χ1) is 12.5. The highest BCUT2D eigenvalue weighted by atomic mass is 19.1. The van der Waals surface area contributed by atoms with E-state index in [4.69, 9.17) is 4.74 Å². The zero-order valence-corrected chi connectivity index (χ0v) is 14.9. The smallest absolute Gasteiger partial charge is 0.278 e. The molecule has 1 fully saturated rings. The van der Waals surface area contributed by atoms with Crippen molar-refractivity contribution < 1.29 is 13.9 Å². The fourth-order valence-corrected chi connectivity index (χ4v) is 3.13. The van der Waals surface area contributed by atoms with Gasteiger partial charge in [0.05, 0.1) is 18.4 Å². The minimum absolute atomic E-state index is 0.146. The first-order valence-electron chi connectivity index (χ1n) is 8.82. The molecule has 7 heteroatoms. The maximum absolute atomic E-state index is 13.2. The highest BCUT2D eigenvalue weighted by Crippen LogP contribution is 2.19. The van der Waals surface area contributed by atoms with Gasteiger partial charge in [-0.15, -0.1) is 0 Å². The van der Waals surface area contributed by atoms with Crippen LogP contribution in [-0.2, 0) is 0 Å². The van der Waals surface area contributed by atoms with Crippen molar-refractivity contribution in [3.8, 4) is 11.6 Å². The van der Waals surface area contributed by atoms with Crippen LogP contribution in [0.2, 0.25) is 0 Å². The van der Waals surface area contributed by atoms with Crippen LogP contribution in [0, 0.1) is 11.7 Å². The monoisotopic (exact) mass is 359 g/mol. The number of hydrogen-bond acceptors (Lipinski definition) is 4. The Morgan fingerprint density at radius 3 is 2.73 bits per heavy atom. The maximum Gasteiger partial charge on any atom is 0.278 e. The van der Waals surface area contributed by atoms with Crippen molar-refractivity contribution in [2.24, 2.45) is 5.92 Å². The van der Waals surface area contributed by atoms with Gasteiger partial charge in [0, 0.05) is 13.1 Å². The molecule has 1 aliphatic rings. The molecule has 0 spiro atoms. The number of ether oxygens (including phenoxy) is 1. The normalized spacial score (nSPS) is 17.2. The molecule has 26 heavy (non-hydrogen) atoms. The molecule has 0 bridgehead atoms. The number of nitrogens with zero attached hydrogens (tertiary/aromatic N) is 3. The van der Waals surface area contributed by atoms with Crippen LogP contribution in [-0.4, -0.2) is 40.3 Å². The molecule has 1 aromatic carbocycles. The number of aromatic nitrogens is 2. The second-order valence-electron chi connectivity index (χ2n) is 6.52. The quantitative estimate of drug-likeness (QED) is 0.842. The van der Waals surface area contributed by atoms with E-state index in [-0.39, 0.29) is 23.3 Å². The van der Waals surface area contributed by atoms with Crippen LogP contribution in [0.25, 0.3) is 5.69 Å². The first-order valence-corrected chi connectivity index (χ1v) is 8.82. The maximum atomic E-state index is 13.2. The predicted octanol–water partition coefficient (Wildman–Crippen LogP) is 2.64. The lowest BCUT2D eigenvalue weighted by Gasteiger charge is -2.30. The van der Waals surface area contributed by atoms with Crippen molar-refractivity contribution in [1.82, 2.24) is 14.7 Å². The molecule has 1 aliphatic heterocycles. The molecule has 2 heterocycles. The Balaban J connectivity index is 2.03. The van der Waals surface area contributed by atoms with E-state index in [0.29, 0.717) is 31.3 Å². The highest BCUT2D eigenvalue weighted by Gasteiger charge is 2.26. The number of benzene rings is 1. The second-order valence-corrected chi connectivity index (χ2v) is 6.52. The zero-order valence-electron chi connectivity index (χ0n) is 14.9. The van der Waals surface area contributed by atoms with Crippen molar-refractivity contribution >= 4 is 5.91 Å². The zero-order chi connectivity index (χ0) is 18.7. The number of halogens is 1. The largest absolute Gasteiger partial charge is 0.478 e. The number of carbonyl (C=O) groups is 1. The van der Waals surface area contributed by atoms with Gasteiger partial charge in [0.15, 0.2) is 5.69 Å². The van der Waals surface area contributed by atoms with E-state index >= 15 is 0 Å². The minimum Gasteiger partial charge on any atom is -0.478 e. The summed E-state index contributed by atoms with van der Waals surface area (Å²) >= 11 is 0. The molecule has 1 amide bonds. The number of rotatable bonds is 4. The summed E-state index contributed by atoms with van der Waals surface area (Å²) < 4.78 is 20.1. The Hall–Kier alpha value is -2.70. The average Bonchev–Trinajstić information content (AvgIpc) is 2.62. The molecular weight excluding hydrogens is 337 g/mol. The molecule has 0 saturated carbocycles. The number of amides is 1. The van der Waals surface area contributed by atoms with E-state index in [1.807, 2.05) is 0 Å². The fourth-order valence-electron chi connectivity index (χ4n) is 3.13. The van der Waals surface area contributed by atoms with Crippen LogP contribution >= 0.6 is 0 Å². The summed E-state index contributed by atoms with van der Waals surface area (Å²) in [5.41, 5.74) is -0.113. The third-order valence-electron chi connectivity index (χ3n) is 4.41. The standard InChI is InChI=1S/C19H22FN3O3/c1-3-26-17-11-16(24)18(19(25)22-10-4-5-13(2)12-22)21-23(17)15-8-6-14(20)7-9-15/h6-9,11,13H,3-5,10,12H2,1-2H3/t13-/m0/s1. The van der Waals surface area contributed by atoms with Gasteiger partial charge in [0.25, 0.3) is 5.91 Å². The summed E-state index contributed by atoms with van der Waals surface area (Å²) in [6.07, 6.45) is 1.98. The Bertz CT molecular complexity index is 848. The van der Waals surface area contributed by atoms with E-state index in [1.54, 1.807) is 11.8 Å². The topological polar surface area (TPSA) is 64.4 Å². The molecule has 0 N–H and O–H groups in total. The van der Waals surface area contributed by atoms with Gasteiger partial charge < -0.3 is 9.64 Å². The summed E-state index contributed by atoms with van der Waals surface area (Å²) in [6.45, 7) is 5.44. The van der Waals surface area contributed by atoms with E-state index in [2.05, 4.69) is 12.0 Å². The van der Waals surface area contributed by atoms with Crippen molar-refractivity contribution in [3.63, 3.8) is 0 Å². The number of piperidine rings is 1. The van der Waals surface area contributed by atoms with Crippen LogP contribution in [0.1, 0.15) is 37.2 Å². The van der Waals surface area contributed by atoms with Gasteiger partial charge in [-0.05, 0) is 49.9 Å². The molecule has 6 nitrogen and oxygen atoms in total. The summed E-state index contributed by atoms with van der Waals surface area (Å²) in [7, 11) is 0. The van der Waals surface area contributed by atoms with Crippen molar-refractivity contribution in [2.45, 2.75) is 26.7 Å². The number of hydrogen-bond donors (Lipinski definition) is 0. The van der Waals surface area contributed by atoms with E-state index in [1.165, 1.54) is 35.0 Å². The Morgan fingerprint density at radius 2 is 2.08 bits per heavy atom. The number of likely N-dealkylation sites (tertiary alicyclic amines) is 1. The van der Waals surface area contributed by atoms with Gasteiger partial charge in [-0.25, -0.2) is 9.07 Å². The van der Waals surface area contributed by atoms with E-state index in [0.717, 1.165) is 12.8 Å². The molecule has 3 rings (SSSR count). The molecule has 2 aromatic rings. The molecule has 0 radical (unpaired) electrons. The fraction of sp³-hybridized carbons (Fsp3) is 0.421. The third kappa shape index (κ3) is 3.76. The van der Waals surface area contributed by atoms with Gasteiger partial charge in [-0.3, -0.25) is 9.59 Å². The van der Waals surface area contributed by atoms with Gasteiger partial charge >= 0.3 is 0 Å². The second kappa shape index (κ2) is 7.68. The highest BCUT2D eigenvalue weighted by molar-refractivity contribution is 5.92. The van der Waals surface area contributed by atoms with E-state index in [9.17, 15) is 14.0 Å². The van der Waals surface area contributed by atoms with Crippen LogP contribution < -0.4 is 10.2 Å². The van der Waals surface area contributed by atoms with Crippen LogP contribution in [0.15, 0.2) is 35.1 Å². The van der Waals surface area contributed by atoms with Crippen LogP contribution in [0.3, 0.4) is 0 Å². The van der Waals surface area contributed by atoms with Crippen molar-refractivity contribution in [2.75, 3.05) is 19.7 Å². The van der Waals surface area contributed by atoms with Crippen LogP contribution in [0.4, 0.5) is 4.39 Å². The van der Waals surface area contributed by atoms with Gasteiger partial charge in [0.2, 0.25) is 11.3 Å². The van der Waals surface area contributed by atoms with Crippen molar-refractivity contribution in [1.29, 1.82) is 0 Å². The molecule has 0 aliphatic carbocycles. The van der Waals surface area contributed by atoms with Gasteiger partial charge in [-0.1, -0.05) is 6.92 Å². The molecule has 1 atom stereocenters. The lowest BCUT2D eigenvalue weighted by Crippen LogP contribution is -2.41. The third-order valence-corrected chi connectivity index (χ3v) is 4.41.